The Morgan fingerprint density at radius 1 is 0.391 bits per heavy atom. The third-order valence-electron chi connectivity index (χ3n) is 18.0. The van der Waals surface area contributed by atoms with Crippen LogP contribution >= 0.6 is 105 Å². The van der Waals surface area contributed by atoms with Gasteiger partial charge in [-0.1, -0.05) is 123 Å². The smallest absolute Gasteiger partial charge is 0.433 e. The number of hydrogen-bond donors (Lipinski definition) is 8. The molecular weight excluding hydrogens is 1880 g/mol. The first kappa shape index (κ1) is 94.9. The highest BCUT2D eigenvalue weighted by Crippen LogP contribution is 2.44. The van der Waals surface area contributed by atoms with Crippen LogP contribution in [0.3, 0.4) is 0 Å². The molecule has 0 atom stereocenters. The van der Waals surface area contributed by atoms with Crippen molar-refractivity contribution in [3.8, 4) is 39.8 Å². The fourth-order valence-electron chi connectivity index (χ4n) is 12.2. The number of aryl methyl sites for hydroxylation is 1. The number of pyridine rings is 6. The van der Waals surface area contributed by atoms with Gasteiger partial charge in [0.25, 0.3) is 0 Å². The second-order valence-electron chi connectivity index (χ2n) is 27.8. The van der Waals surface area contributed by atoms with Gasteiger partial charge in [-0.15, -0.1) is 0 Å². The first-order valence-electron chi connectivity index (χ1n) is 39.3. The predicted octanol–water partition coefficient (Wildman–Crippen LogP) is 25.0. The van der Waals surface area contributed by atoms with Crippen molar-refractivity contribution >= 4 is 174 Å². The number of nitrogens with zero attached hydrogens (tertiary/aromatic N) is 16. The number of halogens is 10. The van der Waals surface area contributed by atoms with Crippen molar-refractivity contribution in [3.05, 3.63) is 376 Å². The summed E-state index contributed by atoms with van der Waals surface area (Å²) in [6, 6.07) is 65.2. The maximum atomic E-state index is 14.5. The van der Waals surface area contributed by atoms with Crippen molar-refractivity contribution in [2.75, 3.05) is 38.9 Å². The van der Waals surface area contributed by atoms with Crippen LogP contribution in [0.25, 0.3) is 33.3 Å². The lowest BCUT2D eigenvalue weighted by Crippen LogP contribution is -2.10. The molecule has 0 fully saturated rings. The lowest BCUT2D eigenvalue weighted by atomic mass is 10.1. The number of hydrogen-bond acceptors (Lipinski definition) is 29. The third kappa shape index (κ3) is 28.2. The number of alkyl halides is 3. The molecule has 0 aliphatic heterocycles. The van der Waals surface area contributed by atoms with E-state index in [9.17, 15) is 27.1 Å². The van der Waals surface area contributed by atoms with E-state index in [-0.39, 0.29) is 53.4 Å². The van der Waals surface area contributed by atoms with E-state index in [2.05, 4.69) is 95.7 Å². The minimum absolute atomic E-state index is 0.00280. The molecule has 39 heteroatoms. The summed E-state index contributed by atoms with van der Waals surface area (Å²) in [6.45, 7) is 1.88. The molecule has 11 heterocycles. The first-order valence-corrected chi connectivity index (χ1v) is 44.5. The van der Waals surface area contributed by atoms with Crippen molar-refractivity contribution in [3.63, 3.8) is 0 Å². The standard InChI is InChI=1S/C21H13F4N3O.C20H14Cl2N6S.C20H15FN6S.C17H16N4OS.C16H11Cl3N4S/c22-16-10-13(11-20-27-9-7-19(28-20)21(23,24)25)4-5-18(16)29-17-3-1-2-14-12-26-8-6-15(14)17;21-15-9-13(10-16(22)19(15)29-14-3-7-25-8-4-14)26-18-11-17(27-20(23)28-18)12-1-5-24-6-2-12;21-16-11-14(1-2-18(16)28-15-5-9-24-10-6-15)25-19-12-17(26-20(22)27-19)13-3-7-23-8-4-13;1-11-10-16(21-17(18)19-11)20-12-2-6-14(7-3-12)23-15-8-4-13(22)5-9-15;17-12-6-9(5-10-8-14(19)23-16(20)22-10)7-13(18)15(12)24-11-1-3-21-4-2-11/h1-10,12H,11H2;1-11H,(H3,23,26,27,28);1-12H,(H3,22,25,26,27);2-10,22H,1H3,(H3,18,19,20,21);1-4,6-8H,5H2,(H2,20,22,23). The average Bonchev–Trinajstić information content (AvgIpc) is 0.814. The molecule has 7 aromatic carbocycles. The fourth-order valence-corrected chi connectivity index (χ4v) is 17.1. The molecule has 12 N–H and O–H groups in total. The zero-order valence-electron chi connectivity index (χ0n) is 69.0. The van der Waals surface area contributed by atoms with Crippen molar-refractivity contribution in [1.82, 2.24) is 79.7 Å². The summed E-state index contributed by atoms with van der Waals surface area (Å²) in [5.74, 6) is 2.10. The van der Waals surface area contributed by atoms with Gasteiger partial charge in [-0.25, -0.2) is 43.7 Å². The Bertz CT molecular complexity index is 6950. The Morgan fingerprint density at radius 2 is 0.880 bits per heavy atom. The number of ether oxygens (including phenoxy) is 1. The van der Waals surface area contributed by atoms with Crippen molar-refractivity contribution < 1.29 is 31.8 Å². The number of aromatic hydroxyl groups is 1. The number of nitrogens with two attached hydrogens (primary N) is 4. The summed E-state index contributed by atoms with van der Waals surface area (Å²) >= 11 is 37.6. The molecule has 0 saturated carbocycles. The normalized spacial score (nSPS) is 10.8. The zero-order valence-corrected chi connectivity index (χ0v) is 76.1. The number of benzene rings is 7. The van der Waals surface area contributed by atoms with Gasteiger partial charge in [-0.2, -0.15) is 28.1 Å². The van der Waals surface area contributed by atoms with E-state index in [1.165, 1.54) is 53.5 Å². The van der Waals surface area contributed by atoms with Gasteiger partial charge in [0.1, 0.15) is 51.4 Å². The van der Waals surface area contributed by atoms with Crippen molar-refractivity contribution in [2.45, 2.75) is 65.1 Å². The molecule has 25 nitrogen and oxygen atoms in total. The maximum absolute atomic E-state index is 14.5. The molecule has 666 valence electrons. The summed E-state index contributed by atoms with van der Waals surface area (Å²) in [4.78, 5) is 71.7. The number of aromatic nitrogens is 16. The molecule has 0 aliphatic rings. The monoisotopic (exact) mass is 1950 g/mol. The molecule has 0 spiro atoms. The molecule has 133 heavy (non-hydrogen) atoms. The molecular formula is C94H69Cl5F5N23O2S4. The highest BCUT2D eigenvalue weighted by Gasteiger charge is 2.33. The number of fused-ring (bicyclic) bond motifs is 1. The molecule has 18 rings (SSSR count). The largest absolute Gasteiger partial charge is 0.508 e. The number of phenolic OH excluding ortho intramolecular Hbond substituents is 1. The van der Waals surface area contributed by atoms with E-state index in [0.29, 0.717) is 93.8 Å². The summed E-state index contributed by atoms with van der Waals surface area (Å²) in [5.41, 5.74) is 30.1. The fraction of sp³-hybridized carbons (Fsp3) is 0.0426. The maximum Gasteiger partial charge on any atom is 0.433 e. The van der Waals surface area contributed by atoms with Crippen LogP contribution in [0.4, 0.5) is 80.3 Å². The van der Waals surface area contributed by atoms with Crippen LogP contribution < -0.4 is 43.6 Å². The molecule has 0 saturated heterocycles. The Morgan fingerprint density at radius 3 is 1.42 bits per heavy atom. The van der Waals surface area contributed by atoms with Crippen LogP contribution in [0.1, 0.15) is 34.0 Å². The van der Waals surface area contributed by atoms with E-state index in [1.54, 1.807) is 165 Å². The van der Waals surface area contributed by atoms with Crippen LogP contribution in [0.5, 0.6) is 17.2 Å². The molecule has 0 unspecified atom stereocenters. The Kier molecular flexibility index (Phi) is 32.5. The second-order valence-corrected chi connectivity index (χ2v) is 34.3. The highest BCUT2D eigenvalue weighted by molar-refractivity contribution is 8.00. The van der Waals surface area contributed by atoms with E-state index in [4.69, 9.17) is 85.7 Å². The highest BCUT2D eigenvalue weighted by atomic mass is 35.5. The number of anilines is 10. The lowest BCUT2D eigenvalue weighted by Gasteiger charge is -2.12. The molecule has 0 amide bonds. The number of rotatable bonds is 22. The van der Waals surface area contributed by atoms with E-state index in [0.717, 1.165) is 85.4 Å². The van der Waals surface area contributed by atoms with Gasteiger partial charge in [0.15, 0.2) is 11.6 Å². The van der Waals surface area contributed by atoms with Gasteiger partial charge >= 0.3 is 6.18 Å². The van der Waals surface area contributed by atoms with Crippen molar-refractivity contribution in [2.24, 2.45) is 0 Å². The Labute approximate surface area is 799 Å². The second kappa shape index (κ2) is 45.6. The molecule has 0 bridgehead atoms. The predicted molar refractivity (Wildman–Crippen MR) is 516 cm³/mol. The lowest BCUT2D eigenvalue weighted by molar-refractivity contribution is -0.141. The van der Waals surface area contributed by atoms with Crippen molar-refractivity contribution in [1.29, 1.82) is 0 Å². The SMILES string of the molecule is Cc1cc(Nc2ccc(Sc3ccc(O)cc3)cc2)nc(N)n1.Fc1cc(Cc2nccc(C(F)(F)F)n2)ccc1Oc1cccc2cnccc12.Nc1nc(Cl)cc(Cc2cc(Cl)c(Sc3ccncc3)c(Cl)c2)n1.Nc1nc(Nc2cc(Cl)c(Sc3ccncc3)c(Cl)c2)cc(-c2ccncc2)n1.Nc1nc(Nc2ccc(Sc3ccncc3)c(F)c2)cc(-c2ccncc2)n1. The van der Waals surface area contributed by atoms with E-state index < -0.39 is 17.7 Å². The van der Waals surface area contributed by atoms with Gasteiger partial charge in [-0.3, -0.25) is 29.9 Å². The molecule has 11 aromatic heterocycles. The zero-order chi connectivity index (χ0) is 93.3. The summed E-state index contributed by atoms with van der Waals surface area (Å²) in [7, 11) is 0. The summed E-state index contributed by atoms with van der Waals surface area (Å²) in [5, 5.41) is 22.9. The van der Waals surface area contributed by atoms with Crippen LogP contribution in [0, 0.1) is 18.6 Å². The van der Waals surface area contributed by atoms with Crippen LogP contribution in [-0.2, 0) is 19.0 Å². The number of phenols is 1. The van der Waals surface area contributed by atoms with Gasteiger partial charge in [0.2, 0.25) is 23.8 Å². The van der Waals surface area contributed by atoms with Gasteiger partial charge < -0.3 is 48.7 Å². The average molecular weight is 1950 g/mol. The van der Waals surface area contributed by atoms with Crippen LogP contribution in [0.2, 0.25) is 25.2 Å². The van der Waals surface area contributed by atoms with E-state index >= 15 is 0 Å². The van der Waals surface area contributed by atoms with Crippen LogP contribution in [0.15, 0.2) is 344 Å². The molecule has 0 radical (unpaired) electrons. The minimum atomic E-state index is -4.56. The van der Waals surface area contributed by atoms with E-state index in [1.807, 2.05) is 128 Å². The summed E-state index contributed by atoms with van der Waals surface area (Å²) in [6.07, 6.45) is 17.2. The Balaban J connectivity index is 0.000000134. The quantitative estimate of drug-likeness (QED) is 0.0231. The van der Waals surface area contributed by atoms with Gasteiger partial charge in [-0.05, 0) is 206 Å². The number of nitrogen functional groups attached to an aromatic ring is 4. The Hall–Kier alpha value is -14.2. The minimum Gasteiger partial charge on any atom is -0.508 e. The third-order valence-corrected chi connectivity index (χ3v) is 24.2. The molecule has 0 aliphatic carbocycles. The number of nitrogens with one attached hydrogen (secondary N) is 3. The first-order chi connectivity index (χ1) is 64.2. The van der Waals surface area contributed by atoms with Crippen LogP contribution in [-0.4, -0.2) is 84.9 Å². The van der Waals surface area contributed by atoms with Gasteiger partial charge in [0.05, 0.1) is 37.2 Å². The van der Waals surface area contributed by atoms with Gasteiger partial charge in [0, 0.05) is 195 Å². The molecule has 18 aromatic rings. The summed E-state index contributed by atoms with van der Waals surface area (Å²) < 4.78 is 73.1. The topological polar surface area (TPSA) is 376 Å².